The summed E-state index contributed by atoms with van der Waals surface area (Å²) in [5, 5.41) is 17.5. The standard InChI is InChI=1S/C20H23N5O3/c1-12-9-16(17-13(2)24-28-20(17)23-12)19(27)22-10-14-5-3-7-21-18(14)25-8-4-6-15(26)11-25/h3,5,7,9,15,26H,4,6,8,10-11H2,1-2H3,(H,22,27). The Morgan fingerprint density at radius 2 is 2.29 bits per heavy atom. The number of hydrogen-bond acceptors (Lipinski definition) is 7. The molecular formula is C20H23N5O3. The molecule has 1 aliphatic rings. The number of fused-ring (bicyclic) bond motifs is 1. The molecule has 0 radical (unpaired) electrons. The van der Waals surface area contributed by atoms with Crippen molar-refractivity contribution in [2.75, 3.05) is 18.0 Å². The van der Waals surface area contributed by atoms with Crippen LogP contribution >= 0.6 is 0 Å². The molecule has 2 N–H and O–H groups in total. The van der Waals surface area contributed by atoms with Crippen molar-refractivity contribution in [2.24, 2.45) is 0 Å². The number of carbonyl (C=O) groups is 1. The highest BCUT2D eigenvalue weighted by Gasteiger charge is 2.22. The monoisotopic (exact) mass is 381 g/mol. The van der Waals surface area contributed by atoms with Gasteiger partial charge in [-0.05, 0) is 38.8 Å². The van der Waals surface area contributed by atoms with Gasteiger partial charge in [0.2, 0.25) is 0 Å². The second kappa shape index (κ2) is 7.55. The van der Waals surface area contributed by atoms with E-state index >= 15 is 0 Å². The zero-order valence-corrected chi connectivity index (χ0v) is 16.0. The van der Waals surface area contributed by atoms with E-state index in [1.165, 1.54) is 0 Å². The maximum absolute atomic E-state index is 12.9. The van der Waals surface area contributed by atoms with Crippen LogP contribution in [0.2, 0.25) is 0 Å². The number of aryl methyl sites for hydroxylation is 2. The van der Waals surface area contributed by atoms with E-state index < -0.39 is 0 Å². The van der Waals surface area contributed by atoms with Crippen LogP contribution in [0.1, 0.15) is 40.2 Å². The maximum atomic E-state index is 12.9. The largest absolute Gasteiger partial charge is 0.391 e. The SMILES string of the molecule is Cc1cc(C(=O)NCc2cccnc2N2CCCC(O)C2)c2c(C)noc2n1. The topological polar surface area (TPSA) is 104 Å². The Hall–Kier alpha value is -3.00. The number of nitrogens with zero attached hydrogens (tertiary/aromatic N) is 4. The molecule has 1 fully saturated rings. The summed E-state index contributed by atoms with van der Waals surface area (Å²) in [5.74, 6) is 0.592. The van der Waals surface area contributed by atoms with Gasteiger partial charge in [-0.1, -0.05) is 11.2 Å². The number of carbonyl (C=O) groups excluding carboxylic acids is 1. The molecule has 28 heavy (non-hydrogen) atoms. The van der Waals surface area contributed by atoms with Crippen molar-refractivity contribution >= 4 is 22.8 Å². The first-order valence-corrected chi connectivity index (χ1v) is 9.41. The van der Waals surface area contributed by atoms with Crippen LogP contribution in [0.5, 0.6) is 0 Å². The van der Waals surface area contributed by atoms with Gasteiger partial charge in [-0.3, -0.25) is 4.79 Å². The summed E-state index contributed by atoms with van der Waals surface area (Å²) in [4.78, 5) is 23.7. The van der Waals surface area contributed by atoms with Crippen LogP contribution in [0.3, 0.4) is 0 Å². The molecule has 3 aromatic rings. The molecule has 1 aliphatic heterocycles. The second-order valence-corrected chi connectivity index (χ2v) is 7.17. The molecule has 0 aromatic carbocycles. The first-order chi connectivity index (χ1) is 13.5. The molecule has 1 amide bonds. The third-order valence-corrected chi connectivity index (χ3v) is 4.99. The lowest BCUT2D eigenvalue weighted by Gasteiger charge is -2.32. The normalized spacial score (nSPS) is 17.1. The van der Waals surface area contributed by atoms with Gasteiger partial charge in [0.05, 0.1) is 22.7 Å². The molecule has 8 nitrogen and oxygen atoms in total. The molecular weight excluding hydrogens is 358 g/mol. The van der Waals surface area contributed by atoms with Crippen LogP contribution < -0.4 is 10.2 Å². The molecule has 4 rings (SSSR count). The van der Waals surface area contributed by atoms with E-state index in [4.69, 9.17) is 4.52 Å². The summed E-state index contributed by atoms with van der Waals surface area (Å²) in [7, 11) is 0. The van der Waals surface area contributed by atoms with Gasteiger partial charge in [-0.2, -0.15) is 0 Å². The zero-order chi connectivity index (χ0) is 19.7. The Bertz CT molecular complexity index is 1020. The summed E-state index contributed by atoms with van der Waals surface area (Å²) in [6, 6.07) is 5.54. The van der Waals surface area contributed by atoms with Crippen molar-refractivity contribution in [3.05, 3.63) is 46.9 Å². The number of anilines is 1. The zero-order valence-electron chi connectivity index (χ0n) is 16.0. The average Bonchev–Trinajstić information content (AvgIpc) is 3.06. The van der Waals surface area contributed by atoms with Crippen LogP contribution in [0.25, 0.3) is 11.1 Å². The van der Waals surface area contributed by atoms with Crippen molar-refractivity contribution < 1.29 is 14.4 Å². The van der Waals surface area contributed by atoms with Gasteiger partial charge in [0.1, 0.15) is 5.82 Å². The number of piperidine rings is 1. The number of rotatable bonds is 4. The van der Waals surface area contributed by atoms with Crippen molar-refractivity contribution in [3.63, 3.8) is 0 Å². The number of aliphatic hydroxyl groups excluding tert-OH is 1. The summed E-state index contributed by atoms with van der Waals surface area (Å²) >= 11 is 0. The Morgan fingerprint density at radius 3 is 3.11 bits per heavy atom. The quantitative estimate of drug-likeness (QED) is 0.713. The lowest BCUT2D eigenvalue weighted by Crippen LogP contribution is -2.39. The van der Waals surface area contributed by atoms with Crippen LogP contribution in [-0.4, -0.2) is 45.3 Å². The fourth-order valence-electron chi connectivity index (χ4n) is 3.67. The second-order valence-electron chi connectivity index (χ2n) is 7.17. The Labute approximate surface area is 162 Å². The van der Waals surface area contributed by atoms with E-state index in [2.05, 4.69) is 25.3 Å². The van der Waals surface area contributed by atoms with Crippen LogP contribution in [-0.2, 0) is 6.54 Å². The molecule has 0 bridgehead atoms. The van der Waals surface area contributed by atoms with Crippen molar-refractivity contribution in [1.29, 1.82) is 0 Å². The van der Waals surface area contributed by atoms with Crippen molar-refractivity contribution in [1.82, 2.24) is 20.4 Å². The summed E-state index contributed by atoms with van der Waals surface area (Å²) < 4.78 is 5.21. The molecule has 1 unspecified atom stereocenters. The minimum atomic E-state index is -0.345. The lowest BCUT2D eigenvalue weighted by atomic mass is 10.1. The Kier molecular flexibility index (Phi) is 4.95. The third-order valence-electron chi connectivity index (χ3n) is 4.99. The van der Waals surface area contributed by atoms with Gasteiger partial charge in [0, 0.05) is 37.1 Å². The van der Waals surface area contributed by atoms with E-state index in [0.717, 1.165) is 30.8 Å². The lowest BCUT2D eigenvalue weighted by molar-refractivity contribution is 0.0952. The van der Waals surface area contributed by atoms with Gasteiger partial charge >= 0.3 is 0 Å². The predicted octanol–water partition coefficient (Wildman–Crippen LogP) is 2.13. The number of hydrogen-bond donors (Lipinski definition) is 2. The molecule has 3 aromatic heterocycles. The minimum absolute atomic E-state index is 0.213. The molecule has 0 aliphatic carbocycles. The number of amides is 1. The first-order valence-electron chi connectivity index (χ1n) is 9.41. The van der Waals surface area contributed by atoms with E-state index in [1.807, 2.05) is 19.1 Å². The van der Waals surface area contributed by atoms with Gasteiger partial charge < -0.3 is 19.8 Å². The predicted molar refractivity (Wildman–Crippen MR) is 104 cm³/mol. The molecule has 0 spiro atoms. The fourth-order valence-corrected chi connectivity index (χ4v) is 3.67. The summed E-state index contributed by atoms with van der Waals surface area (Å²) in [5.41, 5.74) is 3.11. The molecule has 1 saturated heterocycles. The van der Waals surface area contributed by atoms with E-state index in [-0.39, 0.29) is 12.0 Å². The number of pyridine rings is 2. The van der Waals surface area contributed by atoms with Crippen LogP contribution in [0, 0.1) is 13.8 Å². The van der Waals surface area contributed by atoms with Crippen molar-refractivity contribution in [2.45, 2.75) is 39.3 Å². The summed E-state index contributed by atoms with van der Waals surface area (Å²) in [6.07, 6.45) is 3.12. The highest BCUT2D eigenvalue weighted by atomic mass is 16.5. The smallest absolute Gasteiger partial charge is 0.258 e. The van der Waals surface area contributed by atoms with Crippen molar-refractivity contribution in [3.8, 4) is 0 Å². The van der Waals surface area contributed by atoms with Crippen LogP contribution in [0.4, 0.5) is 5.82 Å². The van der Waals surface area contributed by atoms with E-state index in [9.17, 15) is 9.90 Å². The number of aromatic nitrogens is 3. The maximum Gasteiger partial charge on any atom is 0.258 e. The third kappa shape index (κ3) is 3.55. The highest BCUT2D eigenvalue weighted by Crippen LogP contribution is 2.24. The van der Waals surface area contributed by atoms with E-state index in [1.54, 1.807) is 19.2 Å². The number of nitrogens with one attached hydrogen (secondary N) is 1. The van der Waals surface area contributed by atoms with E-state index in [0.29, 0.717) is 41.1 Å². The Morgan fingerprint density at radius 1 is 1.43 bits per heavy atom. The van der Waals surface area contributed by atoms with Gasteiger partial charge in [0.15, 0.2) is 0 Å². The minimum Gasteiger partial charge on any atom is -0.391 e. The molecule has 1 atom stereocenters. The van der Waals surface area contributed by atoms with Gasteiger partial charge in [-0.15, -0.1) is 0 Å². The molecule has 4 heterocycles. The number of β-amino-alcohol motifs (C(OH)–C–C–N with tert-alkyl or cyclic N) is 1. The highest BCUT2D eigenvalue weighted by molar-refractivity contribution is 6.06. The van der Waals surface area contributed by atoms with Gasteiger partial charge in [-0.25, -0.2) is 9.97 Å². The fraction of sp³-hybridized carbons (Fsp3) is 0.400. The first kappa shape index (κ1) is 18.4. The Balaban J connectivity index is 1.56. The molecule has 146 valence electrons. The van der Waals surface area contributed by atoms with Gasteiger partial charge in [0.25, 0.3) is 11.6 Å². The van der Waals surface area contributed by atoms with Crippen LogP contribution in [0.15, 0.2) is 28.9 Å². The molecule has 0 saturated carbocycles. The summed E-state index contributed by atoms with van der Waals surface area (Å²) in [6.45, 7) is 5.35. The molecule has 8 heteroatoms. The number of aliphatic hydroxyl groups is 1. The average molecular weight is 381 g/mol.